The molecule has 2 atom stereocenters. The van der Waals surface area contributed by atoms with Crippen LogP contribution in [0.2, 0.25) is 0 Å². The Bertz CT molecular complexity index is 481. The second-order valence-corrected chi connectivity index (χ2v) is 5.87. The molecule has 1 N–H and O–H groups in total. The molecule has 1 aliphatic heterocycles. The summed E-state index contributed by atoms with van der Waals surface area (Å²) in [4.78, 5) is 4.70. The topological polar surface area (TPSA) is 45.2 Å². The van der Waals surface area contributed by atoms with Gasteiger partial charge in [0, 0.05) is 25.7 Å². The van der Waals surface area contributed by atoms with Gasteiger partial charge in [-0.25, -0.2) is 0 Å². The number of nitrogens with zero attached hydrogens (tertiary/aromatic N) is 2. The number of aliphatic hydroxyl groups is 1. The van der Waals surface area contributed by atoms with Gasteiger partial charge in [-0.15, -0.1) is 0 Å². The van der Waals surface area contributed by atoms with Gasteiger partial charge in [-0.05, 0) is 38.6 Å². The maximum atomic E-state index is 9.89. The summed E-state index contributed by atoms with van der Waals surface area (Å²) in [6.45, 7) is 7.82. The predicted octanol–water partition coefficient (Wildman–Crippen LogP) is 1.76. The van der Waals surface area contributed by atoms with Crippen molar-refractivity contribution in [2.24, 2.45) is 0 Å². The zero-order valence-corrected chi connectivity index (χ0v) is 14.1. The van der Waals surface area contributed by atoms with E-state index in [-0.39, 0.29) is 12.6 Å². The van der Waals surface area contributed by atoms with Crippen molar-refractivity contribution < 1.29 is 14.6 Å². The molecule has 2 unspecified atom stereocenters. The fourth-order valence-corrected chi connectivity index (χ4v) is 2.96. The number of methoxy groups -OCH3 is 1. The lowest BCUT2D eigenvalue weighted by Crippen LogP contribution is -2.51. The first kappa shape index (κ1) is 17.1. The highest BCUT2D eigenvalue weighted by molar-refractivity contribution is 5.44. The molecule has 1 fully saturated rings. The smallest absolute Gasteiger partial charge is 0.161 e. The molecule has 2 rings (SSSR count). The first-order valence-corrected chi connectivity index (χ1v) is 7.96. The number of rotatable bonds is 6. The standard InChI is InChI=1S/C17H28N2O3/c1-5-22-16-7-6-14(10-17(16)21-4)15(12-20)19-9-8-18(3)13(2)11-19/h6-7,10,13,15,20H,5,8-9,11-12H2,1-4H3. The molecule has 1 heterocycles. The van der Waals surface area contributed by atoms with Crippen molar-refractivity contribution in [2.45, 2.75) is 25.9 Å². The molecule has 0 saturated carbocycles. The SMILES string of the molecule is CCOc1ccc(C(CO)N2CCN(C)C(C)C2)cc1OC. The Morgan fingerprint density at radius 2 is 2.09 bits per heavy atom. The van der Waals surface area contributed by atoms with E-state index in [4.69, 9.17) is 9.47 Å². The van der Waals surface area contributed by atoms with E-state index in [1.54, 1.807) is 7.11 Å². The number of hydrogen-bond donors (Lipinski definition) is 1. The van der Waals surface area contributed by atoms with Crippen molar-refractivity contribution in [2.75, 3.05) is 47.0 Å². The predicted molar refractivity (Wildman–Crippen MR) is 87.7 cm³/mol. The van der Waals surface area contributed by atoms with Crippen molar-refractivity contribution in [3.05, 3.63) is 23.8 Å². The molecule has 0 aromatic heterocycles. The van der Waals surface area contributed by atoms with Crippen LogP contribution in [0.5, 0.6) is 11.5 Å². The highest BCUT2D eigenvalue weighted by atomic mass is 16.5. The zero-order chi connectivity index (χ0) is 16.1. The molecule has 0 radical (unpaired) electrons. The third-order valence-electron chi connectivity index (χ3n) is 4.48. The minimum Gasteiger partial charge on any atom is -0.493 e. The number of piperazine rings is 1. The summed E-state index contributed by atoms with van der Waals surface area (Å²) in [6.07, 6.45) is 0. The van der Waals surface area contributed by atoms with Crippen molar-refractivity contribution >= 4 is 0 Å². The minimum absolute atomic E-state index is 0.000673. The van der Waals surface area contributed by atoms with Gasteiger partial charge in [0.2, 0.25) is 0 Å². The highest BCUT2D eigenvalue weighted by Gasteiger charge is 2.27. The Morgan fingerprint density at radius 3 is 2.68 bits per heavy atom. The normalized spacial score (nSPS) is 21.6. The molecule has 22 heavy (non-hydrogen) atoms. The first-order valence-electron chi connectivity index (χ1n) is 7.96. The van der Waals surface area contributed by atoms with E-state index in [1.807, 2.05) is 25.1 Å². The molecule has 0 aliphatic carbocycles. The van der Waals surface area contributed by atoms with Gasteiger partial charge in [0.15, 0.2) is 11.5 Å². The zero-order valence-electron chi connectivity index (χ0n) is 14.1. The van der Waals surface area contributed by atoms with Crippen LogP contribution in [-0.2, 0) is 0 Å². The lowest BCUT2D eigenvalue weighted by molar-refractivity contribution is 0.0463. The number of aliphatic hydroxyl groups excluding tert-OH is 1. The van der Waals surface area contributed by atoms with E-state index in [1.165, 1.54) is 0 Å². The van der Waals surface area contributed by atoms with Gasteiger partial charge in [-0.3, -0.25) is 4.90 Å². The lowest BCUT2D eigenvalue weighted by atomic mass is 10.0. The lowest BCUT2D eigenvalue weighted by Gasteiger charge is -2.41. The van der Waals surface area contributed by atoms with Crippen LogP contribution in [0.4, 0.5) is 0 Å². The Balaban J connectivity index is 2.20. The molecule has 1 aromatic carbocycles. The van der Waals surface area contributed by atoms with E-state index in [0.29, 0.717) is 12.6 Å². The number of likely N-dealkylation sites (N-methyl/N-ethyl adjacent to an activating group) is 1. The van der Waals surface area contributed by atoms with Crippen LogP contribution < -0.4 is 9.47 Å². The van der Waals surface area contributed by atoms with Gasteiger partial charge in [0.25, 0.3) is 0 Å². The van der Waals surface area contributed by atoms with E-state index in [9.17, 15) is 5.11 Å². The fraction of sp³-hybridized carbons (Fsp3) is 0.647. The summed E-state index contributed by atoms with van der Waals surface area (Å²) in [5.41, 5.74) is 1.07. The van der Waals surface area contributed by atoms with Crippen LogP contribution in [-0.4, -0.2) is 68.0 Å². The number of hydrogen-bond acceptors (Lipinski definition) is 5. The van der Waals surface area contributed by atoms with Crippen LogP contribution in [0.1, 0.15) is 25.5 Å². The molecule has 1 saturated heterocycles. The molecule has 0 spiro atoms. The van der Waals surface area contributed by atoms with E-state index < -0.39 is 0 Å². The Hall–Kier alpha value is -1.30. The molecular weight excluding hydrogens is 280 g/mol. The van der Waals surface area contributed by atoms with E-state index in [2.05, 4.69) is 23.8 Å². The summed E-state index contributed by atoms with van der Waals surface area (Å²) in [5.74, 6) is 1.47. The molecule has 5 heteroatoms. The minimum atomic E-state index is 0.000673. The second kappa shape index (κ2) is 7.81. The summed E-state index contributed by atoms with van der Waals surface area (Å²) < 4.78 is 11.0. The maximum Gasteiger partial charge on any atom is 0.161 e. The third kappa shape index (κ3) is 3.72. The van der Waals surface area contributed by atoms with Crippen LogP contribution in [0.15, 0.2) is 18.2 Å². The molecule has 124 valence electrons. The second-order valence-electron chi connectivity index (χ2n) is 5.87. The van der Waals surface area contributed by atoms with Crippen molar-refractivity contribution in [1.29, 1.82) is 0 Å². The largest absolute Gasteiger partial charge is 0.493 e. The summed E-state index contributed by atoms with van der Waals surface area (Å²) >= 11 is 0. The van der Waals surface area contributed by atoms with Crippen molar-refractivity contribution in [3.8, 4) is 11.5 Å². The Labute approximate surface area is 133 Å². The molecule has 5 nitrogen and oxygen atoms in total. The van der Waals surface area contributed by atoms with Gasteiger partial charge in [0.1, 0.15) is 0 Å². The average molecular weight is 308 g/mol. The molecule has 1 aliphatic rings. The Morgan fingerprint density at radius 1 is 1.32 bits per heavy atom. The van der Waals surface area contributed by atoms with E-state index in [0.717, 1.165) is 36.7 Å². The van der Waals surface area contributed by atoms with Crippen molar-refractivity contribution in [1.82, 2.24) is 9.80 Å². The summed E-state index contributed by atoms with van der Waals surface area (Å²) in [7, 11) is 3.80. The average Bonchev–Trinajstić information content (AvgIpc) is 2.53. The molecule has 0 amide bonds. The summed E-state index contributed by atoms with van der Waals surface area (Å²) in [5, 5.41) is 9.89. The van der Waals surface area contributed by atoms with E-state index >= 15 is 0 Å². The fourth-order valence-electron chi connectivity index (χ4n) is 2.96. The molecular formula is C17H28N2O3. The van der Waals surface area contributed by atoms with Crippen LogP contribution in [0, 0.1) is 0 Å². The Kier molecular flexibility index (Phi) is 6.06. The monoisotopic (exact) mass is 308 g/mol. The van der Waals surface area contributed by atoms with Crippen LogP contribution in [0.3, 0.4) is 0 Å². The molecule has 0 bridgehead atoms. The quantitative estimate of drug-likeness (QED) is 0.868. The van der Waals surface area contributed by atoms with Gasteiger partial charge in [-0.2, -0.15) is 0 Å². The van der Waals surface area contributed by atoms with Crippen molar-refractivity contribution in [3.63, 3.8) is 0 Å². The number of benzene rings is 1. The number of ether oxygens (including phenoxy) is 2. The van der Waals surface area contributed by atoms with Gasteiger partial charge in [0.05, 0.1) is 26.4 Å². The third-order valence-corrected chi connectivity index (χ3v) is 4.48. The van der Waals surface area contributed by atoms with Crippen LogP contribution in [0.25, 0.3) is 0 Å². The first-order chi connectivity index (χ1) is 10.6. The van der Waals surface area contributed by atoms with Gasteiger partial charge < -0.3 is 19.5 Å². The highest BCUT2D eigenvalue weighted by Crippen LogP contribution is 2.32. The molecule has 1 aromatic rings. The van der Waals surface area contributed by atoms with Gasteiger partial charge in [-0.1, -0.05) is 6.07 Å². The van der Waals surface area contributed by atoms with Gasteiger partial charge >= 0.3 is 0 Å². The summed E-state index contributed by atoms with van der Waals surface area (Å²) in [6, 6.07) is 6.43. The van der Waals surface area contributed by atoms with Crippen LogP contribution >= 0.6 is 0 Å². The maximum absolute atomic E-state index is 9.89.